The molecule has 1 amide bonds. The third-order valence-electron chi connectivity index (χ3n) is 3.71. The molecule has 1 fully saturated rings. The Kier molecular flexibility index (Phi) is 4.28. The number of carbonyl (C=O) groups excluding carboxylic acids is 2. The summed E-state index contributed by atoms with van der Waals surface area (Å²) in [6, 6.07) is 16.0. The lowest BCUT2D eigenvalue weighted by molar-refractivity contribution is 0.0203. The number of benzene rings is 2. The van der Waals surface area contributed by atoms with Crippen LogP contribution in [0.2, 0.25) is 0 Å². The molecular formula is C18H17NO4. The first-order valence-electron chi connectivity index (χ1n) is 7.39. The van der Waals surface area contributed by atoms with Crippen LogP contribution >= 0.6 is 0 Å². The Bertz CT molecular complexity index is 697. The number of hydrogen-bond donors (Lipinski definition) is 1. The summed E-state index contributed by atoms with van der Waals surface area (Å²) in [6.07, 6.45) is -1.10. The van der Waals surface area contributed by atoms with Crippen LogP contribution in [0.3, 0.4) is 0 Å². The van der Waals surface area contributed by atoms with E-state index in [0.29, 0.717) is 5.56 Å². The molecule has 1 N–H and O–H groups in total. The van der Waals surface area contributed by atoms with Crippen LogP contribution < -0.4 is 5.32 Å². The van der Waals surface area contributed by atoms with Gasteiger partial charge in [-0.1, -0.05) is 48.0 Å². The zero-order chi connectivity index (χ0) is 16.2. The van der Waals surface area contributed by atoms with Crippen LogP contribution in [0.5, 0.6) is 0 Å². The molecule has 0 aliphatic carbocycles. The van der Waals surface area contributed by atoms with Gasteiger partial charge in [0.1, 0.15) is 12.6 Å². The summed E-state index contributed by atoms with van der Waals surface area (Å²) in [6.45, 7) is 2.15. The smallest absolute Gasteiger partial charge is 0.407 e. The first kappa shape index (κ1) is 15.1. The largest absolute Gasteiger partial charge is 0.452 e. The molecule has 3 rings (SSSR count). The number of hydrogen-bond acceptors (Lipinski definition) is 4. The Labute approximate surface area is 134 Å². The van der Waals surface area contributed by atoms with Crippen LogP contribution in [0.1, 0.15) is 27.6 Å². The fourth-order valence-electron chi connectivity index (χ4n) is 2.46. The van der Waals surface area contributed by atoms with Crippen LogP contribution in [0.25, 0.3) is 0 Å². The van der Waals surface area contributed by atoms with Crippen molar-refractivity contribution in [2.45, 2.75) is 19.1 Å². The second kappa shape index (κ2) is 6.52. The van der Waals surface area contributed by atoms with E-state index in [1.54, 1.807) is 24.3 Å². The number of cyclic esters (lactones) is 1. The maximum atomic E-state index is 12.4. The molecule has 0 bridgehead atoms. The third kappa shape index (κ3) is 3.51. The molecule has 1 aliphatic heterocycles. The van der Waals surface area contributed by atoms with E-state index in [0.717, 1.165) is 11.1 Å². The maximum Gasteiger partial charge on any atom is 0.407 e. The SMILES string of the molecule is Cc1ccc([C@@H](OC(=O)c2ccccc2)[C@@H]2COC(=O)N2)cc1. The quantitative estimate of drug-likeness (QED) is 0.882. The Morgan fingerprint density at radius 3 is 2.48 bits per heavy atom. The molecule has 1 heterocycles. The number of rotatable bonds is 4. The van der Waals surface area contributed by atoms with E-state index >= 15 is 0 Å². The summed E-state index contributed by atoms with van der Waals surface area (Å²) in [4.78, 5) is 23.7. The highest BCUT2D eigenvalue weighted by molar-refractivity contribution is 5.89. The topological polar surface area (TPSA) is 64.6 Å². The summed E-state index contributed by atoms with van der Waals surface area (Å²) in [5, 5.41) is 2.69. The number of esters is 1. The molecule has 2 aromatic carbocycles. The molecule has 0 spiro atoms. The second-order valence-corrected chi connectivity index (χ2v) is 5.45. The minimum absolute atomic E-state index is 0.166. The monoisotopic (exact) mass is 311 g/mol. The van der Waals surface area contributed by atoms with Gasteiger partial charge in [-0.25, -0.2) is 9.59 Å². The van der Waals surface area contributed by atoms with Crippen molar-refractivity contribution < 1.29 is 19.1 Å². The predicted octanol–water partition coefficient (Wildman–Crippen LogP) is 3.00. The summed E-state index contributed by atoms with van der Waals surface area (Å²) < 4.78 is 10.6. The second-order valence-electron chi connectivity index (χ2n) is 5.45. The molecule has 2 aromatic rings. The molecule has 1 saturated heterocycles. The lowest BCUT2D eigenvalue weighted by Crippen LogP contribution is -2.35. The van der Waals surface area contributed by atoms with Crippen LogP contribution in [0.4, 0.5) is 4.79 Å². The van der Waals surface area contributed by atoms with Crippen molar-refractivity contribution in [1.82, 2.24) is 5.32 Å². The molecule has 0 saturated carbocycles. The minimum atomic E-state index is -0.602. The van der Waals surface area contributed by atoms with Crippen molar-refractivity contribution in [3.63, 3.8) is 0 Å². The van der Waals surface area contributed by atoms with Crippen molar-refractivity contribution in [2.24, 2.45) is 0 Å². The summed E-state index contributed by atoms with van der Waals surface area (Å²) in [7, 11) is 0. The van der Waals surface area contributed by atoms with E-state index in [4.69, 9.17) is 9.47 Å². The van der Waals surface area contributed by atoms with Gasteiger partial charge in [-0.3, -0.25) is 0 Å². The Morgan fingerprint density at radius 2 is 1.87 bits per heavy atom. The fraction of sp³-hybridized carbons (Fsp3) is 0.222. The van der Waals surface area contributed by atoms with E-state index in [1.165, 1.54) is 0 Å². The van der Waals surface area contributed by atoms with E-state index in [2.05, 4.69) is 5.32 Å². The van der Waals surface area contributed by atoms with Crippen LogP contribution in [0.15, 0.2) is 54.6 Å². The van der Waals surface area contributed by atoms with Crippen molar-refractivity contribution in [2.75, 3.05) is 6.61 Å². The van der Waals surface area contributed by atoms with Crippen LogP contribution in [-0.4, -0.2) is 24.7 Å². The zero-order valence-corrected chi connectivity index (χ0v) is 12.7. The highest BCUT2D eigenvalue weighted by Crippen LogP contribution is 2.26. The molecule has 118 valence electrons. The lowest BCUT2D eigenvalue weighted by atomic mass is 10.0. The average molecular weight is 311 g/mol. The van der Waals surface area contributed by atoms with Gasteiger partial charge in [-0.2, -0.15) is 0 Å². The van der Waals surface area contributed by atoms with Crippen molar-refractivity contribution in [3.8, 4) is 0 Å². The number of ether oxygens (including phenoxy) is 2. The average Bonchev–Trinajstić information content (AvgIpc) is 3.00. The molecular weight excluding hydrogens is 294 g/mol. The van der Waals surface area contributed by atoms with E-state index in [1.807, 2.05) is 37.3 Å². The Balaban J connectivity index is 1.84. The molecule has 1 aliphatic rings. The van der Waals surface area contributed by atoms with Crippen LogP contribution in [0, 0.1) is 6.92 Å². The first-order chi connectivity index (χ1) is 11.1. The highest BCUT2D eigenvalue weighted by atomic mass is 16.6. The molecule has 23 heavy (non-hydrogen) atoms. The summed E-state index contributed by atoms with van der Waals surface area (Å²) >= 11 is 0. The summed E-state index contributed by atoms with van der Waals surface area (Å²) in [5.41, 5.74) is 2.39. The number of carbonyl (C=O) groups is 2. The molecule has 0 radical (unpaired) electrons. The Hall–Kier alpha value is -2.82. The molecule has 5 heteroatoms. The van der Waals surface area contributed by atoms with Gasteiger partial charge in [0.25, 0.3) is 0 Å². The third-order valence-corrected chi connectivity index (χ3v) is 3.71. The van der Waals surface area contributed by atoms with Gasteiger partial charge in [0.2, 0.25) is 0 Å². The van der Waals surface area contributed by atoms with Gasteiger partial charge in [0, 0.05) is 0 Å². The van der Waals surface area contributed by atoms with Crippen LogP contribution in [-0.2, 0) is 9.47 Å². The minimum Gasteiger partial charge on any atom is -0.452 e. The van der Waals surface area contributed by atoms with Crippen molar-refractivity contribution in [3.05, 3.63) is 71.3 Å². The van der Waals surface area contributed by atoms with Crippen molar-refractivity contribution >= 4 is 12.1 Å². The van der Waals surface area contributed by atoms with Gasteiger partial charge >= 0.3 is 12.1 Å². The first-order valence-corrected chi connectivity index (χ1v) is 7.39. The lowest BCUT2D eigenvalue weighted by Gasteiger charge is -2.22. The zero-order valence-electron chi connectivity index (χ0n) is 12.7. The summed E-state index contributed by atoms with van der Waals surface area (Å²) in [5.74, 6) is -0.433. The van der Waals surface area contributed by atoms with E-state index < -0.39 is 24.2 Å². The van der Waals surface area contributed by atoms with E-state index in [9.17, 15) is 9.59 Å². The predicted molar refractivity (Wildman–Crippen MR) is 84.0 cm³/mol. The van der Waals surface area contributed by atoms with Gasteiger partial charge in [0.05, 0.1) is 5.56 Å². The Morgan fingerprint density at radius 1 is 1.17 bits per heavy atom. The normalized spacial score (nSPS) is 18.0. The van der Waals surface area contributed by atoms with Gasteiger partial charge in [-0.05, 0) is 24.6 Å². The van der Waals surface area contributed by atoms with Gasteiger partial charge < -0.3 is 14.8 Å². The number of amides is 1. The highest BCUT2D eigenvalue weighted by Gasteiger charge is 2.34. The molecule has 5 nitrogen and oxygen atoms in total. The number of alkyl carbamates (subject to hydrolysis) is 1. The standard InChI is InChI=1S/C18H17NO4/c1-12-7-9-13(10-8-12)16(15-11-22-18(21)19-15)23-17(20)14-5-3-2-4-6-14/h2-10,15-16H,11H2,1H3,(H,19,21)/t15-,16+/m0/s1. The maximum absolute atomic E-state index is 12.4. The fourth-order valence-corrected chi connectivity index (χ4v) is 2.46. The van der Waals surface area contributed by atoms with Gasteiger partial charge in [0.15, 0.2) is 6.10 Å². The molecule has 0 unspecified atom stereocenters. The van der Waals surface area contributed by atoms with Gasteiger partial charge in [-0.15, -0.1) is 0 Å². The number of nitrogens with one attached hydrogen (secondary N) is 1. The molecule has 0 aromatic heterocycles. The van der Waals surface area contributed by atoms with E-state index in [-0.39, 0.29) is 6.61 Å². The van der Waals surface area contributed by atoms with Crippen molar-refractivity contribution in [1.29, 1.82) is 0 Å². The number of aryl methyl sites for hydroxylation is 1. The molecule has 2 atom stereocenters.